The molecule has 2 rings (SSSR count). The lowest BCUT2D eigenvalue weighted by Gasteiger charge is -2.14. The van der Waals surface area contributed by atoms with Crippen LogP contribution in [0.3, 0.4) is 0 Å². The maximum atomic E-state index is 12.2. The first-order chi connectivity index (χ1) is 9.24. The zero-order valence-electron chi connectivity index (χ0n) is 11.1. The molecule has 0 bridgehead atoms. The maximum absolute atomic E-state index is 12.2. The van der Waals surface area contributed by atoms with Gasteiger partial charge in [-0.15, -0.1) is 0 Å². The summed E-state index contributed by atoms with van der Waals surface area (Å²) in [6, 6.07) is 1.95. The van der Waals surface area contributed by atoms with E-state index in [4.69, 9.17) is 5.84 Å². The molecule has 0 radical (unpaired) electrons. The highest BCUT2D eigenvalue weighted by atomic mass is 32.2. The second-order valence-electron chi connectivity index (χ2n) is 4.63. The quantitative estimate of drug-likeness (QED) is 0.566. The molecule has 1 saturated carbocycles. The van der Waals surface area contributed by atoms with E-state index in [0.29, 0.717) is 16.5 Å². The molecule has 2 atom stereocenters. The largest absolute Gasteiger partial charge is 0.349 e. The molecular weight excluding hydrogens is 260 g/mol. The minimum Gasteiger partial charge on any atom is -0.349 e. The second-order valence-corrected chi connectivity index (χ2v) is 6.20. The van der Waals surface area contributed by atoms with Gasteiger partial charge in [0.25, 0.3) is 5.91 Å². The number of hydrogen-bond acceptors (Lipinski definition) is 5. The van der Waals surface area contributed by atoms with Gasteiger partial charge < -0.3 is 10.7 Å². The van der Waals surface area contributed by atoms with Gasteiger partial charge in [0.2, 0.25) is 0 Å². The molecule has 19 heavy (non-hydrogen) atoms. The van der Waals surface area contributed by atoms with Crippen molar-refractivity contribution in [3.63, 3.8) is 0 Å². The summed E-state index contributed by atoms with van der Waals surface area (Å²) in [5.74, 6) is 6.44. The number of nitrogen functional groups attached to an aromatic ring is 1. The van der Waals surface area contributed by atoms with Crippen molar-refractivity contribution >= 4 is 23.4 Å². The van der Waals surface area contributed by atoms with Crippen molar-refractivity contribution in [2.75, 3.05) is 11.2 Å². The third-order valence-electron chi connectivity index (χ3n) is 3.34. The second kappa shape index (κ2) is 6.77. The number of rotatable bonds is 5. The van der Waals surface area contributed by atoms with Crippen molar-refractivity contribution in [3.05, 3.63) is 24.0 Å². The van der Waals surface area contributed by atoms with Crippen molar-refractivity contribution in [3.8, 4) is 0 Å². The summed E-state index contributed by atoms with van der Waals surface area (Å²) < 4.78 is 0. The molecule has 0 saturated heterocycles. The number of pyridine rings is 1. The van der Waals surface area contributed by atoms with Gasteiger partial charge in [-0.1, -0.05) is 6.92 Å². The van der Waals surface area contributed by atoms with E-state index >= 15 is 0 Å². The Hall–Kier alpha value is -1.27. The van der Waals surface area contributed by atoms with E-state index in [-0.39, 0.29) is 11.9 Å². The van der Waals surface area contributed by atoms with Crippen molar-refractivity contribution < 1.29 is 4.79 Å². The third-order valence-corrected chi connectivity index (χ3v) is 4.58. The molecule has 1 amide bonds. The molecule has 1 aromatic heterocycles. The van der Waals surface area contributed by atoms with E-state index in [1.54, 1.807) is 18.5 Å². The van der Waals surface area contributed by atoms with Crippen LogP contribution in [0.25, 0.3) is 0 Å². The fourth-order valence-electron chi connectivity index (χ4n) is 2.43. The van der Waals surface area contributed by atoms with Crippen LogP contribution < -0.4 is 16.6 Å². The van der Waals surface area contributed by atoms with Crippen LogP contribution in [-0.2, 0) is 0 Å². The summed E-state index contributed by atoms with van der Waals surface area (Å²) in [5, 5.41) is 3.76. The predicted molar refractivity (Wildman–Crippen MR) is 79.1 cm³/mol. The van der Waals surface area contributed by atoms with Crippen molar-refractivity contribution in [2.45, 2.75) is 37.5 Å². The zero-order valence-corrected chi connectivity index (χ0v) is 11.9. The lowest BCUT2D eigenvalue weighted by atomic mass is 10.2. The Labute approximate surface area is 117 Å². The number of nitrogens with two attached hydrogens (primary N) is 1. The molecule has 1 fully saturated rings. The average Bonchev–Trinajstić information content (AvgIpc) is 2.86. The summed E-state index contributed by atoms with van der Waals surface area (Å²) in [6.45, 7) is 2.17. The number of hydrogen-bond donors (Lipinski definition) is 3. The summed E-state index contributed by atoms with van der Waals surface area (Å²) in [5.41, 5.74) is 3.60. The molecule has 5 nitrogen and oxygen atoms in total. The smallest absolute Gasteiger partial charge is 0.253 e. The first kappa shape index (κ1) is 14.1. The van der Waals surface area contributed by atoms with Gasteiger partial charge in [0.1, 0.15) is 0 Å². The number of thioether (sulfide) groups is 1. The number of nitrogens with zero attached hydrogens (tertiary/aromatic N) is 1. The summed E-state index contributed by atoms with van der Waals surface area (Å²) >= 11 is 1.98. The number of nitrogens with one attached hydrogen (secondary N) is 2. The van der Waals surface area contributed by atoms with E-state index < -0.39 is 0 Å². The molecule has 0 aromatic carbocycles. The Morgan fingerprint density at radius 2 is 2.42 bits per heavy atom. The predicted octanol–water partition coefficient (Wildman–Crippen LogP) is 1.77. The maximum Gasteiger partial charge on any atom is 0.253 e. The minimum atomic E-state index is -0.0810. The van der Waals surface area contributed by atoms with Crippen LogP contribution in [0.5, 0.6) is 0 Å². The van der Waals surface area contributed by atoms with Gasteiger partial charge >= 0.3 is 0 Å². The van der Waals surface area contributed by atoms with Crippen LogP contribution in [0.4, 0.5) is 5.69 Å². The fraction of sp³-hybridized carbons (Fsp3) is 0.538. The Bertz CT molecular complexity index is 440. The first-order valence-electron chi connectivity index (χ1n) is 6.57. The SMILES string of the molecule is CCSC1CCC(NC(=O)c2ccncc2NN)C1. The summed E-state index contributed by atoms with van der Waals surface area (Å²) in [4.78, 5) is 16.1. The van der Waals surface area contributed by atoms with Gasteiger partial charge in [-0.3, -0.25) is 15.6 Å². The molecular formula is C13H20N4OS. The molecule has 2 unspecified atom stereocenters. The van der Waals surface area contributed by atoms with E-state index in [0.717, 1.165) is 18.6 Å². The lowest BCUT2D eigenvalue weighted by Crippen LogP contribution is -2.33. The zero-order chi connectivity index (χ0) is 13.7. The highest BCUT2D eigenvalue weighted by Gasteiger charge is 2.26. The summed E-state index contributed by atoms with van der Waals surface area (Å²) in [6.07, 6.45) is 6.45. The molecule has 1 aliphatic rings. The van der Waals surface area contributed by atoms with Gasteiger partial charge in [-0.05, 0) is 31.1 Å². The highest BCUT2D eigenvalue weighted by Crippen LogP contribution is 2.30. The van der Waals surface area contributed by atoms with Gasteiger partial charge in [0, 0.05) is 17.5 Å². The molecule has 1 aromatic rings. The Balaban J connectivity index is 1.94. The standard InChI is InChI=1S/C13H20N4OS/c1-2-19-10-4-3-9(7-10)16-13(18)11-5-6-15-8-12(11)17-14/h5-6,8-10,17H,2-4,7,14H2,1H3,(H,16,18). The van der Waals surface area contributed by atoms with Gasteiger partial charge in [-0.2, -0.15) is 11.8 Å². The number of anilines is 1. The molecule has 0 spiro atoms. The van der Waals surface area contributed by atoms with Crippen LogP contribution in [0.2, 0.25) is 0 Å². The fourth-order valence-corrected chi connectivity index (χ4v) is 3.57. The summed E-state index contributed by atoms with van der Waals surface area (Å²) in [7, 11) is 0. The monoisotopic (exact) mass is 280 g/mol. The van der Waals surface area contributed by atoms with Gasteiger partial charge in [0.05, 0.1) is 17.4 Å². The normalized spacial score (nSPS) is 22.2. The van der Waals surface area contributed by atoms with Gasteiger partial charge in [0.15, 0.2) is 0 Å². The van der Waals surface area contributed by atoms with Gasteiger partial charge in [-0.25, -0.2) is 0 Å². The Kier molecular flexibility index (Phi) is 5.04. The third kappa shape index (κ3) is 3.61. The van der Waals surface area contributed by atoms with Crippen LogP contribution >= 0.6 is 11.8 Å². The Morgan fingerprint density at radius 3 is 3.16 bits per heavy atom. The van der Waals surface area contributed by atoms with E-state index in [9.17, 15) is 4.79 Å². The first-order valence-corrected chi connectivity index (χ1v) is 7.62. The highest BCUT2D eigenvalue weighted by molar-refractivity contribution is 7.99. The molecule has 1 aliphatic carbocycles. The Morgan fingerprint density at radius 1 is 1.58 bits per heavy atom. The molecule has 6 heteroatoms. The van der Waals surface area contributed by atoms with Crippen LogP contribution in [0, 0.1) is 0 Å². The van der Waals surface area contributed by atoms with Crippen LogP contribution in [0.1, 0.15) is 36.5 Å². The minimum absolute atomic E-state index is 0.0810. The number of amides is 1. The van der Waals surface area contributed by atoms with Crippen LogP contribution in [-0.4, -0.2) is 27.9 Å². The van der Waals surface area contributed by atoms with Crippen molar-refractivity contribution in [1.29, 1.82) is 0 Å². The topological polar surface area (TPSA) is 80.0 Å². The van der Waals surface area contributed by atoms with E-state index in [1.807, 2.05) is 11.8 Å². The average molecular weight is 280 g/mol. The van der Waals surface area contributed by atoms with E-state index in [2.05, 4.69) is 22.7 Å². The molecule has 4 N–H and O–H groups in total. The van der Waals surface area contributed by atoms with Crippen molar-refractivity contribution in [2.24, 2.45) is 5.84 Å². The van der Waals surface area contributed by atoms with E-state index in [1.165, 1.54) is 6.42 Å². The van der Waals surface area contributed by atoms with Crippen LogP contribution in [0.15, 0.2) is 18.5 Å². The van der Waals surface area contributed by atoms with Crippen molar-refractivity contribution in [1.82, 2.24) is 10.3 Å². The number of hydrazine groups is 1. The number of aromatic nitrogens is 1. The number of carbonyl (C=O) groups is 1. The lowest BCUT2D eigenvalue weighted by molar-refractivity contribution is 0.0938. The number of carbonyl (C=O) groups excluding carboxylic acids is 1. The molecule has 104 valence electrons. The molecule has 1 heterocycles. The molecule has 0 aliphatic heterocycles.